The van der Waals surface area contributed by atoms with E-state index in [1.165, 1.54) is 21.6 Å². The van der Waals surface area contributed by atoms with Gasteiger partial charge in [0.05, 0.1) is 31.1 Å². The number of carbonyl (C=O) groups is 2. The number of likely N-dealkylation sites (tertiary alicyclic amines) is 1. The molecule has 0 radical (unpaired) electrons. The largest absolute Gasteiger partial charge is 0.507 e. The summed E-state index contributed by atoms with van der Waals surface area (Å²) in [5.41, 5.74) is 4.57. The molecule has 0 unspecified atom stereocenters. The highest BCUT2D eigenvalue weighted by molar-refractivity contribution is 7.09. The monoisotopic (exact) mass is 477 g/mol. The minimum absolute atomic E-state index is 0.00550. The van der Waals surface area contributed by atoms with Gasteiger partial charge in [0.15, 0.2) is 0 Å². The minimum atomic E-state index is -0.291. The molecular weight excluding hydrogens is 446 g/mol. The Balaban J connectivity index is 1.33. The van der Waals surface area contributed by atoms with Crippen LogP contribution in [0.1, 0.15) is 50.0 Å². The van der Waals surface area contributed by atoms with Gasteiger partial charge >= 0.3 is 0 Å². The van der Waals surface area contributed by atoms with Gasteiger partial charge < -0.3 is 9.84 Å². The summed E-state index contributed by atoms with van der Waals surface area (Å²) in [4.78, 5) is 29.2. The third-order valence-corrected chi connectivity index (χ3v) is 8.42. The van der Waals surface area contributed by atoms with Crippen LogP contribution in [-0.4, -0.2) is 34.5 Å². The average Bonchev–Trinajstić information content (AvgIpc) is 3.55. The van der Waals surface area contributed by atoms with Crippen molar-refractivity contribution in [2.45, 2.75) is 52.2 Å². The molecule has 4 atom stereocenters. The summed E-state index contributed by atoms with van der Waals surface area (Å²) in [6.07, 6.45) is 5.25. The molecule has 5 nitrogen and oxygen atoms in total. The third-order valence-electron chi connectivity index (χ3n) is 7.56. The lowest BCUT2D eigenvalue weighted by Gasteiger charge is -2.31. The number of hydrogen-bond acceptors (Lipinski definition) is 5. The summed E-state index contributed by atoms with van der Waals surface area (Å²) in [6.45, 7) is 5.11. The number of hydrogen-bond donors (Lipinski definition) is 1. The van der Waals surface area contributed by atoms with Crippen LogP contribution in [0.15, 0.2) is 58.5 Å². The lowest BCUT2D eigenvalue weighted by molar-refractivity contribution is -0.140. The molecule has 2 saturated heterocycles. The lowest BCUT2D eigenvalue weighted by atomic mass is 9.69. The van der Waals surface area contributed by atoms with E-state index in [2.05, 4.69) is 13.8 Å². The van der Waals surface area contributed by atoms with Crippen LogP contribution < -0.4 is 0 Å². The minimum Gasteiger partial charge on any atom is -0.507 e. The highest BCUT2D eigenvalue weighted by atomic mass is 32.1. The number of ether oxygens (including phenoxy) is 1. The Kier molecular flexibility index (Phi) is 6.45. The van der Waals surface area contributed by atoms with Crippen molar-refractivity contribution in [3.63, 3.8) is 0 Å². The Morgan fingerprint density at radius 2 is 2.00 bits per heavy atom. The SMILES string of the molecule is CCC1=C2[C@@H](CC/C(C)=C/c3ccccc3O)OC[C@@H]2[C@@H]2C(=O)N(Cc3cccs3)C(=O)[C@@H]2C1. The molecule has 178 valence electrons. The van der Waals surface area contributed by atoms with Gasteiger partial charge in [0.2, 0.25) is 11.8 Å². The van der Waals surface area contributed by atoms with Gasteiger partial charge in [0.1, 0.15) is 5.75 Å². The van der Waals surface area contributed by atoms with E-state index in [-0.39, 0.29) is 41.4 Å². The fraction of sp³-hybridized carbons (Fsp3) is 0.429. The molecule has 1 aromatic carbocycles. The zero-order chi connectivity index (χ0) is 23.8. The number of nitrogens with zero attached hydrogens (tertiary/aromatic N) is 1. The van der Waals surface area contributed by atoms with Crippen LogP contribution in [0.25, 0.3) is 6.08 Å². The summed E-state index contributed by atoms with van der Waals surface area (Å²) >= 11 is 1.58. The van der Waals surface area contributed by atoms with Gasteiger partial charge in [-0.2, -0.15) is 0 Å². The maximum absolute atomic E-state index is 13.4. The summed E-state index contributed by atoms with van der Waals surface area (Å²) in [5, 5.41) is 12.0. The molecule has 1 aromatic heterocycles. The van der Waals surface area contributed by atoms with E-state index in [4.69, 9.17) is 4.74 Å². The van der Waals surface area contributed by atoms with Gasteiger partial charge in [-0.05, 0) is 55.7 Å². The van der Waals surface area contributed by atoms with Gasteiger partial charge in [-0.15, -0.1) is 11.3 Å². The molecule has 3 heterocycles. The molecule has 0 saturated carbocycles. The Bertz CT molecular complexity index is 1150. The van der Waals surface area contributed by atoms with E-state index in [1.54, 1.807) is 17.4 Å². The molecule has 2 aliphatic heterocycles. The predicted molar refractivity (Wildman–Crippen MR) is 133 cm³/mol. The highest BCUT2D eigenvalue weighted by Crippen LogP contribution is 2.50. The molecule has 1 N–H and O–H groups in total. The second kappa shape index (κ2) is 9.51. The van der Waals surface area contributed by atoms with Gasteiger partial charge in [0, 0.05) is 16.4 Å². The van der Waals surface area contributed by atoms with Crippen molar-refractivity contribution in [1.29, 1.82) is 0 Å². The van der Waals surface area contributed by atoms with Crippen molar-refractivity contribution in [2.24, 2.45) is 17.8 Å². The number of phenols is 1. The van der Waals surface area contributed by atoms with E-state index < -0.39 is 0 Å². The smallest absolute Gasteiger partial charge is 0.234 e. The second-order valence-corrected chi connectivity index (χ2v) is 10.6. The first kappa shape index (κ1) is 23.1. The maximum Gasteiger partial charge on any atom is 0.234 e. The number of benzene rings is 1. The Hall–Kier alpha value is -2.70. The maximum atomic E-state index is 13.4. The number of rotatable bonds is 7. The van der Waals surface area contributed by atoms with E-state index in [0.29, 0.717) is 19.6 Å². The molecule has 2 aromatic rings. The molecule has 2 amide bonds. The van der Waals surface area contributed by atoms with Crippen molar-refractivity contribution in [1.82, 2.24) is 4.90 Å². The molecule has 0 bridgehead atoms. The van der Waals surface area contributed by atoms with Crippen LogP contribution in [0, 0.1) is 17.8 Å². The normalized spacial score (nSPS) is 26.9. The highest BCUT2D eigenvalue weighted by Gasteiger charge is 2.56. The molecule has 2 fully saturated rings. The van der Waals surface area contributed by atoms with Gasteiger partial charge in [-0.25, -0.2) is 0 Å². The molecule has 6 heteroatoms. The number of thiophene rings is 1. The van der Waals surface area contributed by atoms with Crippen LogP contribution in [0.5, 0.6) is 5.75 Å². The fourth-order valence-electron chi connectivity index (χ4n) is 5.90. The van der Waals surface area contributed by atoms with Crippen molar-refractivity contribution >= 4 is 29.2 Å². The lowest BCUT2D eigenvalue weighted by Crippen LogP contribution is -2.34. The molecule has 3 aliphatic rings. The van der Waals surface area contributed by atoms with Crippen LogP contribution in [0.4, 0.5) is 0 Å². The first-order valence-corrected chi connectivity index (χ1v) is 13.0. The topological polar surface area (TPSA) is 66.8 Å². The molecule has 1 aliphatic carbocycles. The van der Waals surface area contributed by atoms with Crippen molar-refractivity contribution in [3.05, 3.63) is 68.9 Å². The first-order valence-electron chi connectivity index (χ1n) is 12.1. The molecule has 0 spiro atoms. The molecule has 34 heavy (non-hydrogen) atoms. The summed E-state index contributed by atoms with van der Waals surface area (Å²) < 4.78 is 6.27. The Morgan fingerprint density at radius 3 is 2.74 bits per heavy atom. The quantitative estimate of drug-likeness (QED) is 0.419. The molecule has 5 rings (SSSR count). The van der Waals surface area contributed by atoms with Gasteiger partial charge in [0.25, 0.3) is 0 Å². The number of amides is 2. The Morgan fingerprint density at radius 1 is 1.18 bits per heavy atom. The van der Waals surface area contributed by atoms with E-state index >= 15 is 0 Å². The predicted octanol–water partition coefficient (Wildman–Crippen LogP) is 5.56. The summed E-state index contributed by atoms with van der Waals surface area (Å²) in [5.74, 6) is -0.295. The van der Waals surface area contributed by atoms with E-state index in [0.717, 1.165) is 29.7 Å². The van der Waals surface area contributed by atoms with E-state index in [9.17, 15) is 14.7 Å². The van der Waals surface area contributed by atoms with Crippen molar-refractivity contribution < 1.29 is 19.4 Å². The average molecular weight is 478 g/mol. The van der Waals surface area contributed by atoms with Crippen molar-refractivity contribution in [2.75, 3.05) is 6.61 Å². The van der Waals surface area contributed by atoms with E-state index in [1.807, 2.05) is 41.8 Å². The molecular formula is C28H31NO4S. The fourth-order valence-corrected chi connectivity index (χ4v) is 6.59. The number of fused-ring (bicyclic) bond motifs is 3. The van der Waals surface area contributed by atoms with Gasteiger partial charge in [-0.1, -0.05) is 48.4 Å². The van der Waals surface area contributed by atoms with Crippen molar-refractivity contribution in [3.8, 4) is 5.75 Å². The van der Waals surface area contributed by atoms with Crippen LogP contribution in [-0.2, 0) is 20.9 Å². The van der Waals surface area contributed by atoms with Gasteiger partial charge in [-0.3, -0.25) is 14.5 Å². The van der Waals surface area contributed by atoms with Crippen LogP contribution in [0.3, 0.4) is 0 Å². The summed E-state index contributed by atoms with van der Waals surface area (Å²) in [7, 11) is 0. The number of aromatic hydroxyl groups is 1. The number of allylic oxidation sites excluding steroid dienone is 2. The standard InChI is InChI=1S/C28H31NO4S/c1-3-18-14-21-26(28(32)29(27(21)31)15-20-8-6-12-34-20)22-16-33-24(25(18)22)11-10-17(2)13-19-7-4-5-9-23(19)30/h4-9,12-13,21-22,24,26,30H,3,10-11,14-16H2,1-2H3/b17-13+/t21-,22+,24-,26-/m1/s1. The zero-order valence-electron chi connectivity index (χ0n) is 19.7. The first-order chi connectivity index (χ1) is 16.5. The number of imide groups is 1. The second-order valence-electron chi connectivity index (χ2n) is 9.61. The zero-order valence-corrected chi connectivity index (χ0v) is 20.5. The van der Waals surface area contributed by atoms with Crippen LogP contribution >= 0.6 is 11.3 Å². The summed E-state index contributed by atoms with van der Waals surface area (Å²) in [6, 6.07) is 11.3. The number of phenolic OH excluding ortho intramolecular Hbond substituents is 1. The number of carbonyl (C=O) groups excluding carboxylic acids is 2. The Labute approximate surface area is 204 Å². The number of para-hydroxylation sites is 1. The van der Waals surface area contributed by atoms with Crippen LogP contribution in [0.2, 0.25) is 0 Å². The third kappa shape index (κ3) is 4.14.